The molecule has 2 N–H and O–H groups in total. The topological polar surface area (TPSA) is 111 Å². The Labute approximate surface area is 204 Å². The number of hydrogen-bond donors (Lipinski definition) is 2. The highest BCUT2D eigenvalue weighted by molar-refractivity contribution is 5.92. The van der Waals surface area contributed by atoms with Crippen LogP contribution in [-0.4, -0.2) is 46.2 Å². The minimum absolute atomic E-state index is 0.0320. The lowest BCUT2D eigenvalue weighted by Crippen LogP contribution is -2.31. The van der Waals surface area contributed by atoms with Crippen LogP contribution in [0.2, 0.25) is 0 Å². The summed E-state index contributed by atoms with van der Waals surface area (Å²) in [4.78, 5) is 29.2. The van der Waals surface area contributed by atoms with Crippen molar-refractivity contribution in [2.75, 3.05) is 5.32 Å². The van der Waals surface area contributed by atoms with Gasteiger partial charge in [-0.3, -0.25) is 0 Å². The number of halogens is 3. The molecule has 188 valence electrons. The number of rotatable bonds is 7. The normalized spacial score (nSPS) is 15.1. The van der Waals surface area contributed by atoms with Crippen LogP contribution in [0.1, 0.15) is 47.9 Å². The first-order valence-corrected chi connectivity index (χ1v) is 11.5. The van der Waals surface area contributed by atoms with Crippen LogP contribution in [-0.2, 0) is 19.8 Å². The summed E-state index contributed by atoms with van der Waals surface area (Å²) in [5, 5.41) is 13.0. The summed E-state index contributed by atoms with van der Waals surface area (Å²) in [5.74, 6) is -0.0351. The monoisotopic (exact) mass is 499 g/mol. The van der Waals surface area contributed by atoms with E-state index in [2.05, 4.69) is 25.3 Å². The summed E-state index contributed by atoms with van der Waals surface area (Å²) in [6, 6.07) is 4.92. The standard InChI is InChI=1S/C24H24F3N7O2/c1-13(15-4-3-5-15)29-18-17-19(31-20(30-18)23(35)36)32-22(21-28-10-11-33(21)2)34(17)12-14-6-8-16(9-7-14)24(25,26)27/h6-11,13,15H,3-5,12H2,1-2H3,(H,35,36)(H,29,30,31)/t13-/m1/s1. The van der Waals surface area contributed by atoms with Gasteiger partial charge in [0.2, 0.25) is 5.82 Å². The number of hydrogen-bond acceptors (Lipinski definition) is 6. The molecule has 5 rings (SSSR count). The van der Waals surface area contributed by atoms with Gasteiger partial charge in [0.15, 0.2) is 23.1 Å². The van der Waals surface area contributed by atoms with Gasteiger partial charge in [0, 0.05) is 32.0 Å². The third-order valence-electron chi connectivity index (χ3n) is 6.66. The van der Waals surface area contributed by atoms with Crippen LogP contribution in [0.25, 0.3) is 22.8 Å². The summed E-state index contributed by atoms with van der Waals surface area (Å²) in [7, 11) is 1.79. The van der Waals surface area contributed by atoms with Gasteiger partial charge in [0.1, 0.15) is 5.52 Å². The van der Waals surface area contributed by atoms with E-state index in [9.17, 15) is 23.1 Å². The number of carboxylic acid groups (broad SMARTS) is 1. The Morgan fingerprint density at radius 1 is 1.17 bits per heavy atom. The minimum Gasteiger partial charge on any atom is -0.475 e. The third kappa shape index (κ3) is 4.38. The highest BCUT2D eigenvalue weighted by Crippen LogP contribution is 2.34. The van der Waals surface area contributed by atoms with Crippen molar-refractivity contribution < 1.29 is 23.1 Å². The molecule has 36 heavy (non-hydrogen) atoms. The van der Waals surface area contributed by atoms with Crippen LogP contribution in [0.5, 0.6) is 0 Å². The lowest BCUT2D eigenvalue weighted by Gasteiger charge is -2.32. The highest BCUT2D eigenvalue weighted by Gasteiger charge is 2.31. The molecule has 1 aliphatic carbocycles. The molecule has 1 aromatic carbocycles. The second-order valence-electron chi connectivity index (χ2n) is 9.08. The molecular weight excluding hydrogens is 475 g/mol. The van der Waals surface area contributed by atoms with Gasteiger partial charge in [-0.15, -0.1) is 0 Å². The van der Waals surface area contributed by atoms with E-state index in [1.807, 2.05) is 6.92 Å². The number of aromatic carboxylic acids is 1. The van der Waals surface area contributed by atoms with Crippen LogP contribution in [0.4, 0.5) is 19.0 Å². The molecule has 1 fully saturated rings. The van der Waals surface area contributed by atoms with Crippen molar-refractivity contribution in [3.8, 4) is 11.6 Å². The molecule has 0 spiro atoms. The molecule has 9 nitrogen and oxygen atoms in total. The van der Waals surface area contributed by atoms with E-state index in [0.717, 1.165) is 31.4 Å². The molecule has 0 saturated heterocycles. The number of imidazole rings is 2. The zero-order valence-electron chi connectivity index (χ0n) is 19.6. The molecular formula is C24H24F3N7O2. The van der Waals surface area contributed by atoms with E-state index in [4.69, 9.17) is 0 Å². The zero-order chi connectivity index (χ0) is 25.6. The van der Waals surface area contributed by atoms with E-state index in [1.54, 1.807) is 28.6 Å². The maximum atomic E-state index is 13.1. The fraction of sp³-hybridized carbons (Fsp3) is 0.375. The Kier molecular flexibility index (Phi) is 5.89. The quantitative estimate of drug-likeness (QED) is 0.383. The Hall–Kier alpha value is -3.96. The van der Waals surface area contributed by atoms with Crippen LogP contribution >= 0.6 is 0 Å². The number of carboxylic acids is 1. The number of anilines is 1. The van der Waals surface area contributed by atoms with E-state index in [-0.39, 0.29) is 18.2 Å². The van der Waals surface area contributed by atoms with Crippen LogP contribution in [0, 0.1) is 5.92 Å². The second kappa shape index (κ2) is 8.92. The zero-order valence-corrected chi connectivity index (χ0v) is 19.6. The molecule has 3 heterocycles. The van der Waals surface area contributed by atoms with Crippen molar-refractivity contribution in [1.82, 2.24) is 29.1 Å². The van der Waals surface area contributed by atoms with Gasteiger partial charge in [0.05, 0.1) is 5.56 Å². The molecule has 3 aromatic heterocycles. The maximum Gasteiger partial charge on any atom is 0.416 e. The Balaban J connectivity index is 1.67. The smallest absolute Gasteiger partial charge is 0.416 e. The van der Waals surface area contributed by atoms with Crippen molar-refractivity contribution in [2.45, 2.75) is 44.9 Å². The highest BCUT2D eigenvalue weighted by atomic mass is 19.4. The first-order valence-electron chi connectivity index (χ1n) is 11.5. The minimum atomic E-state index is -4.44. The van der Waals surface area contributed by atoms with Gasteiger partial charge in [-0.2, -0.15) is 13.2 Å². The molecule has 0 aliphatic heterocycles. The van der Waals surface area contributed by atoms with Crippen LogP contribution in [0.3, 0.4) is 0 Å². The molecule has 12 heteroatoms. The Morgan fingerprint density at radius 3 is 2.44 bits per heavy atom. The van der Waals surface area contributed by atoms with Gasteiger partial charge < -0.3 is 19.6 Å². The van der Waals surface area contributed by atoms with E-state index < -0.39 is 23.5 Å². The lowest BCUT2D eigenvalue weighted by atomic mass is 9.80. The molecule has 1 aliphatic rings. The summed E-state index contributed by atoms with van der Waals surface area (Å²) >= 11 is 0. The molecule has 1 saturated carbocycles. The molecule has 0 bridgehead atoms. The van der Waals surface area contributed by atoms with Gasteiger partial charge in [0.25, 0.3) is 0 Å². The predicted molar refractivity (Wildman–Crippen MR) is 125 cm³/mol. The lowest BCUT2D eigenvalue weighted by molar-refractivity contribution is -0.137. The average Bonchev–Trinajstić information content (AvgIpc) is 3.35. The van der Waals surface area contributed by atoms with Crippen molar-refractivity contribution in [1.29, 1.82) is 0 Å². The number of aromatic nitrogens is 6. The van der Waals surface area contributed by atoms with E-state index in [1.165, 1.54) is 12.1 Å². The first kappa shape index (κ1) is 23.8. The van der Waals surface area contributed by atoms with Crippen molar-refractivity contribution >= 4 is 23.0 Å². The van der Waals surface area contributed by atoms with Crippen LogP contribution in [0.15, 0.2) is 36.7 Å². The number of fused-ring (bicyclic) bond motifs is 1. The summed E-state index contributed by atoms with van der Waals surface area (Å²) in [6.07, 6.45) is 2.18. The van der Waals surface area contributed by atoms with Gasteiger partial charge in [-0.05, 0) is 43.4 Å². The number of nitrogens with one attached hydrogen (secondary N) is 1. The molecule has 1 atom stereocenters. The summed E-state index contributed by atoms with van der Waals surface area (Å²) < 4.78 is 42.7. The number of nitrogens with zero attached hydrogens (tertiary/aromatic N) is 6. The number of aryl methyl sites for hydroxylation is 1. The van der Waals surface area contributed by atoms with Crippen molar-refractivity contribution in [3.05, 3.63) is 53.6 Å². The number of benzene rings is 1. The summed E-state index contributed by atoms with van der Waals surface area (Å²) in [6.45, 7) is 2.17. The van der Waals surface area contributed by atoms with Gasteiger partial charge in [-0.1, -0.05) is 18.6 Å². The van der Waals surface area contributed by atoms with Gasteiger partial charge in [-0.25, -0.2) is 24.7 Å². The van der Waals surface area contributed by atoms with Crippen molar-refractivity contribution in [2.24, 2.45) is 13.0 Å². The summed E-state index contributed by atoms with van der Waals surface area (Å²) in [5.41, 5.74) is 0.481. The average molecular weight is 499 g/mol. The van der Waals surface area contributed by atoms with E-state index >= 15 is 0 Å². The molecule has 0 amide bonds. The second-order valence-corrected chi connectivity index (χ2v) is 9.08. The maximum absolute atomic E-state index is 13.1. The molecule has 0 unspecified atom stereocenters. The van der Waals surface area contributed by atoms with E-state index in [0.29, 0.717) is 34.5 Å². The van der Waals surface area contributed by atoms with Crippen molar-refractivity contribution in [3.63, 3.8) is 0 Å². The fourth-order valence-electron chi connectivity index (χ4n) is 4.39. The largest absolute Gasteiger partial charge is 0.475 e. The Morgan fingerprint density at radius 2 is 1.89 bits per heavy atom. The van der Waals surface area contributed by atoms with Crippen LogP contribution < -0.4 is 5.32 Å². The first-order chi connectivity index (χ1) is 17.1. The Bertz CT molecular complexity index is 1420. The molecule has 0 radical (unpaired) electrons. The predicted octanol–water partition coefficient (Wildman–Crippen LogP) is 4.59. The number of carbonyl (C=O) groups is 1. The SMILES string of the molecule is C[C@@H](Nc1nc(C(=O)O)nc2nc(-c3nccn3C)n(Cc3ccc(C(F)(F)F)cc3)c12)C1CCC1. The fourth-order valence-corrected chi connectivity index (χ4v) is 4.39. The third-order valence-corrected chi connectivity index (χ3v) is 6.66. The molecule has 4 aromatic rings. The number of alkyl halides is 3. The van der Waals surface area contributed by atoms with Gasteiger partial charge >= 0.3 is 12.1 Å².